The number of amides is 2. The number of thioether (sulfide) groups is 1. The molecule has 0 saturated carbocycles. The maximum Gasteiger partial charge on any atom is 0.293 e. The minimum absolute atomic E-state index is 0.0874. The number of halogens is 1. The molecule has 114 valence electrons. The molecule has 0 unspecified atom stereocenters. The Kier molecular flexibility index (Phi) is 5.27. The number of rotatable bonds is 4. The summed E-state index contributed by atoms with van der Waals surface area (Å²) in [6, 6.07) is 6.98. The molecule has 0 bridgehead atoms. The number of ether oxygens (including phenoxy) is 1. The van der Waals surface area contributed by atoms with Crippen LogP contribution in [0.2, 0.25) is 0 Å². The minimum atomic E-state index is -0.309. The number of hydrogen-bond donors (Lipinski definition) is 0. The first kappa shape index (κ1) is 16.6. The molecule has 0 spiro atoms. The van der Waals surface area contributed by atoms with Crippen molar-refractivity contribution in [2.75, 3.05) is 6.61 Å². The predicted molar refractivity (Wildman–Crippen MR) is 88.2 cm³/mol. The van der Waals surface area contributed by atoms with Gasteiger partial charge in [-0.05, 0) is 49.9 Å². The fourth-order valence-corrected chi connectivity index (χ4v) is 3.27. The normalized spacial score (nSPS) is 16.5. The van der Waals surface area contributed by atoms with Crippen LogP contribution in [0.5, 0.6) is 5.75 Å². The van der Waals surface area contributed by atoms with Gasteiger partial charge >= 0.3 is 0 Å². The largest absolute Gasteiger partial charge is 0.478 e. The molecule has 2 amide bonds. The summed E-state index contributed by atoms with van der Waals surface area (Å²) in [5, 5.41) is 8.34. The van der Waals surface area contributed by atoms with Crippen molar-refractivity contribution in [1.82, 2.24) is 4.90 Å². The highest BCUT2D eigenvalue weighted by molar-refractivity contribution is 9.10. The van der Waals surface area contributed by atoms with Crippen LogP contribution in [0.1, 0.15) is 19.4 Å². The highest BCUT2D eigenvalue weighted by Gasteiger charge is 2.36. The molecule has 0 aliphatic carbocycles. The van der Waals surface area contributed by atoms with Gasteiger partial charge in [-0.3, -0.25) is 14.5 Å². The summed E-state index contributed by atoms with van der Waals surface area (Å²) < 4.78 is 6.15. The third kappa shape index (κ3) is 3.51. The van der Waals surface area contributed by atoms with Gasteiger partial charge in [0.25, 0.3) is 11.1 Å². The van der Waals surface area contributed by atoms with Crippen LogP contribution in [0.25, 0.3) is 6.08 Å². The van der Waals surface area contributed by atoms with E-state index in [1.807, 2.05) is 6.07 Å². The maximum atomic E-state index is 12.3. The Hall–Kier alpha value is -1.78. The lowest BCUT2D eigenvalue weighted by molar-refractivity contribution is -0.123. The van der Waals surface area contributed by atoms with Crippen molar-refractivity contribution in [2.45, 2.75) is 19.9 Å². The number of hydrogen-bond acceptors (Lipinski definition) is 5. The Morgan fingerprint density at radius 2 is 2.18 bits per heavy atom. The Morgan fingerprint density at radius 1 is 1.45 bits per heavy atom. The smallest absolute Gasteiger partial charge is 0.293 e. The van der Waals surface area contributed by atoms with E-state index in [0.717, 1.165) is 16.2 Å². The second-order valence-corrected chi connectivity index (χ2v) is 6.68. The van der Waals surface area contributed by atoms with Gasteiger partial charge in [-0.1, -0.05) is 15.9 Å². The van der Waals surface area contributed by atoms with Crippen molar-refractivity contribution in [2.24, 2.45) is 0 Å². The van der Waals surface area contributed by atoms with E-state index in [9.17, 15) is 9.59 Å². The van der Waals surface area contributed by atoms with Crippen molar-refractivity contribution >= 4 is 44.9 Å². The molecule has 1 aromatic rings. The van der Waals surface area contributed by atoms with Gasteiger partial charge in [0.05, 0.1) is 4.91 Å². The minimum Gasteiger partial charge on any atom is -0.478 e. The summed E-state index contributed by atoms with van der Waals surface area (Å²) in [5.41, 5.74) is 0.638. The lowest BCUT2D eigenvalue weighted by atomic mass is 10.2. The van der Waals surface area contributed by atoms with E-state index < -0.39 is 0 Å². The molecule has 22 heavy (non-hydrogen) atoms. The Bertz CT molecular complexity index is 695. The van der Waals surface area contributed by atoms with Crippen LogP contribution in [0.3, 0.4) is 0 Å². The Balaban J connectivity index is 2.37. The third-order valence-electron chi connectivity index (χ3n) is 2.89. The molecule has 1 saturated heterocycles. The van der Waals surface area contributed by atoms with Gasteiger partial charge in [0.2, 0.25) is 0 Å². The maximum absolute atomic E-state index is 12.3. The van der Waals surface area contributed by atoms with E-state index in [1.54, 1.807) is 38.1 Å². The monoisotopic (exact) mass is 380 g/mol. The van der Waals surface area contributed by atoms with Crippen LogP contribution in [0.15, 0.2) is 27.6 Å². The molecule has 0 atom stereocenters. The van der Waals surface area contributed by atoms with Crippen LogP contribution >= 0.6 is 27.7 Å². The van der Waals surface area contributed by atoms with Crippen LogP contribution in [-0.2, 0) is 4.79 Å². The van der Waals surface area contributed by atoms with Gasteiger partial charge in [0, 0.05) is 16.1 Å². The van der Waals surface area contributed by atoms with E-state index in [0.29, 0.717) is 16.2 Å². The number of carbonyl (C=O) groups is 2. The Labute approximate surface area is 141 Å². The fraction of sp³-hybridized carbons (Fsp3) is 0.267. The van der Waals surface area contributed by atoms with E-state index in [1.165, 1.54) is 4.90 Å². The van der Waals surface area contributed by atoms with Gasteiger partial charge in [-0.2, -0.15) is 5.26 Å². The number of carbonyl (C=O) groups excluding carboxylic acids is 2. The molecule has 1 aliphatic rings. The second kappa shape index (κ2) is 6.99. The molecule has 0 radical (unpaired) electrons. The van der Waals surface area contributed by atoms with Crippen LogP contribution in [0.4, 0.5) is 4.79 Å². The summed E-state index contributed by atoms with van der Waals surface area (Å²) in [6.07, 6.45) is 1.62. The summed E-state index contributed by atoms with van der Waals surface area (Å²) >= 11 is 4.26. The summed E-state index contributed by atoms with van der Waals surface area (Å²) in [5.74, 6) is 0.178. The predicted octanol–water partition coefficient (Wildman–Crippen LogP) is 3.80. The first-order chi connectivity index (χ1) is 10.4. The fourth-order valence-electron chi connectivity index (χ4n) is 1.94. The Morgan fingerprint density at radius 3 is 2.77 bits per heavy atom. The SMILES string of the molecule is CC(C)N1C(=O)S/C(=C/c2cc(Br)ccc2OCC#N)C1=O. The molecule has 1 heterocycles. The van der Waals surface area contributed by atoms with Crippen molar-refractivity contribution < 1.29 is 14.3 Å². The zero-order valence-corrected chi connectivity index (χ0v) is 14.4. The van der Waals surface area contributed by atoms with Crippen LogP contribution in [-0.4, -0.2) is 28.7 Å². The molecule has 1 fully saturated rings. The number of nitrogens with zero attached hydrogens (tertiary/aromatic N) is 2. The molecule has 0 N–H and O–H groups in total. The zero-order valence-electron chi connectivity index (χ0n) is 12.0. The van der Waals surface area contributed by atoms with Gasteiger partial charge < -0.3 is 4.74 Å². The van der Waals surface area contributed by atoms with Gasteiger partial charge in [0.1, 0.15) is 11.8 Å². The zero-order chi connectivity index (χ0) is 16.3. The summed E-state index contributed by atoms with van der Waals surface area (Å²) in [6.45, 7) is 3.50. The van der Waals surface area contributed by atoms with Crippen LogP contribution < -0.4 is 4.74 Å². The number of nitriles is 1. The number of benzene rings is 1. The van der Waals surface area contributed by atoms with Gasteiger partial charge in [-0.15, -0.1) is 0 Å². The molecular weight excluding hydrogens is 368 g/mol. The molecule has 1 aliphatic heterocycles. The van der Waals surface area contributed by atoms with E-state index >= 15 is 0 Å². The first-order valence-electron chi connectivity index (χ1n) is 6.50. The average molecular weight is 381 g/mol. The molecule has 7 heteroatoms. The summed E-state index contributed by atoms with van der Waals surface area (Å²) in [7, 11) is 0. The van der Waals surface area contributed by atoms with Crippen molar-refractivity contribution in [3.63, 3.8) is 0 Å². The molecule has 0 aromatic heterocycles. The topological polar surface area (TPSA) is 70.4 Å². The molecular formula is C15H13BrN2O3S. The van der Waals surface area contributed by atoms with Crippen molar-refractivity contribution in [1.29, 1.82) is 5.26 Å². The second-order valence-electron chi connectivity index (χ2n) is 4.77. The molecule has 5 nitrogen and oxygen atoms in total. The molecule has 2 rings (SSSR count). The number of imide groups is 1. The quantitative estimate of drug-likeness (QED) is 0.742. The van der Waals surface area contributed by atoms with Gasteiger partial charge in [-0.25, -0.2) is 0 Å². The van der Waals surface area contributed by atoms with Crippen LogP contribution in [0, 0.1) is 11.3 Å². The van der Waals surface area contributed by atoms with Crippen molar-refractivity contribution in [3.8, 4) is 11.8 Å². The lowest BCUT2D eigenvalue weighted by Gasteiger charge is -2.16. The van der Waals surface area contributed by atoms with E-state index in [-0.39, 0.29) is 23.8 Å². The summed E-state index contributed by atoms with van der Waals surface area (Å²) in [4.78, 5) is 25.7. The highest BCUT2D eigenvalue weighted by Crippen LogP contribution is 2.35. The molecule has 1 aromatic carbocycles. The van der Waals surface area contributed by atoms with Gasteiger partial charge in [0.15, 0.2) is 6.61 Å². The van der Waals surface area contributed by atoms with E-state index in [4.69, 9.17) is 10.00 Å². The lowest BCUT2D eigenvalue weighted by Crippen LogP contribution is -2.34. The standard InChI is InChI=1S/C15H13BrN2O3S/c1-9(2)18-14(19)13(22-15(18)20)8-10-7-11(16)3-4-12(10)21-6-5-17/h3-4,7-9H,6H2,1-2H3/b13-8+. The third-order valence-corrected chi connectivity index (χ3v) is 4.27. The highest BCUT2D eigenvalue weighted by atomic mass is 79.9. The average Bonchev–Trinajstić information content (AvgIpc) is 2.72. The van der Waals surface area contributed by atoms with Crippen molar-refractivity contribution in [3.05, 3.63) is 33.1 Å². The van der Waals surface area contributed by atoms with E-state index in [2.05, 4.69) is 15.9 Å². The first-order valence-corrected chi connectivity index (χ1v) is 8.11.